The minimum Gasteiger partial charge on any atom is -0.382 e. The Kier molecular flexibility index (Phi) is 2.79. The second-order valence-electron chi connectivity index (χ2n) is 4.29. The van der Waals surface area contributed by atoms with Crippen molar-refractivity contribution in [2.75, 3.05) is 20.3 Å². The second-order valence-corrected chi connectivity index (χ2v) is 4.29. The first-order valence-electron chi connectivity index (χ1n) is 5.08. The molecule has 0 N–H and O–H groups in total. The zero-order chi connectivity index (χ0) is 10.2. The maximum atomic E-state index is 5.79. The lowest BCUT2D eigenvalue weighted by Crippen LogP contribution is -2.45. The van der Waals surface area contributed by atoms with Gasteiger partial charge in [0, 0.05) is 13.7 Å². The first-order chi connectivity index (χ1) is 6.62. The maximum Gasteiger partial charge on any atom is 0.163 e. The number of methoxy groups -OCH3 is 1. The molecule has 0 aromatic carbocycles. The molecule has 0 amide bonds. The Balaban J connectivity index is 2.03. The average Bonchev–Trinajstić information content (AvgIpc) is 2.41. The summed E-state index contributed by atoms with van der Waals surface area (Å²) >= 11 is 0. The molecule has 4 nitrogen and oxygen atoms in total. The van der Waals surface area contributed by atoms with Gasteiger partial charge in [-0.15, -0.1) is 0 Å². The largest absolute Gasteiger partial charge is 0.382 e. The van der Waals surface area contributed by atoms with E-state index in [0.29, 0.717) is 6.61 Å². The van der Waals surface area contributed by atoms with Crippen molar-refractivity contribution in [3.63, 3.8) is 0 Å². The molecule has 2 unspecified atom stereocenters. The topological polar surface area (TPSA) is 36.9 Å². The average molecular weight is 202 g/mol. The highest BCUT2D eigenvalue weighted by Crippen LogP contribution is 2.35. The van der Waals surface area contributed by atoms with E-state index in [1.54, 1.807) is 7.11 Å². The predicted molar refractivity (Wildman–Crippen MR) is 50.1 cm³/mol. The van der Waals surface area contributed by atoms with Crippen molar-refractivity contribution in [2.45, 2.75) is 44.4 Å². The van der Waals surface area contributed by atoms with Crippen LogP contribution in [0.1, 0.15) is 20.3 Å². The molecular weight excluding hydrogens is 184 g/mol. The van der Waals surface area contributed by atoms with Crippen LogP contribution in [0.3, 0.4) is 0 Å². The smallest absolute Gasteiger partial charge is 0.163 e. The lowest BCUT2D eigenvalue weighted by atomic mass is 10.0. The molecule has 0 aromatic rings. The normalized spacial score (nSPS) is 40.9. The van der Waals surface area contributed by atoms with Gasteiger partial charge in [-0.05, 0) is 20.3 Å². The Morgan fingerprint density at radius 1 is 1.36 bits per heavy atom. The molecule has 0 aliphatic carbocycles. The van der Waals surface area contributed by atoms with E-state index in [0.717, 1.165) is 13.0 Å². The van der Waals surface area contributed by atoms with Crippen molar-refractivity contribution in [1.29, 1.82) is 0 Å². The summed E-state index contributed by atoms with van der Waals surface area (Å²) in [5.74, 6) is -0.477. The molecule has 14 heavy (non-hydrogen) atoms. The van der Waals surface area contributed by atoms with Gasteiger partial charge in [0.25, 0.3) is 0 Å². The third-order valence-electron chi connectivity index (χ3n) is 2.65. The van der Waals surface area contributed by atoms with E-state index in [2.05, 4.69) is 0 Å². The van der Waals surface area contributed by atoms with Crippen molar-refractivity contribution in [1.82, 2.24) is 0 Å². The fraction of sp³-hybridized carbons (Fsp3) is 1.00. The molecule has 2 heterocycles. The van der Waals surface area contributed by atoms with Crippen LogP contribution < -0.4 is 0 Å². The van der Waals surface area contributed by atoms with Gasteiger partial charge >= 0.3 is 0 Å². The number of rotatable bonds is 2. The zero-order valence-corrected chi connectivity index (χ0v) is 8.99. The molecule has 2 rings (SSSR count). The summed E-state index contributed by atoms with van der Waals surface area (Å²) in [6.45, 7) is 5.18. The Bertz CT molecular complexity index is 202. The first-order valence-corrected chi connectivity index (χ1v) is 5.08. The molecule has 2 fully saturated rings. The van der Waals surface area contributed by atoms with Crippen molar-refractivity contribution < 1.29 is 18.9 Å². The molecule has 82 valence electrons. The van der Waals surface area contributed by atoms with Crippen molar-refractivity contribution in [3.05, 3.63) is 0 Å². The zero-order valence-electron chi connectivity index (χ0n) is 8.99. The third-order valence-corrected chi connectivity index (χ3v) is 2.65. The van der Waals surface area contributed by atoms with E-state index >= 15 is 0 Å². The van der Waals surface area contributed by atoms with E-state index in [-0.39, 0.29) is 18.3 Å². The standard InChI is InChI=1S/C10H18O4/c1-10(2)13-7-4-5-12-8(6-11-3)9(7)14-10/h7-9H,4-6H2,1-3H3/t7-,8?,9?/m1/s1. The van der Waals surface area contributed by atoms with Crippen molar-refractivity contribution in [3.8, 4) is 0 Å². The second kappa shape index (κ2) is 3.77. The predicted octanol–water partition coefficient (Wildman–Crippen LogP) is 0.942. The molecule has 4 heteroatoms. The van der Waals surface area contributed by atoms with Gasteiger partial charge in [0.2, 0.25) is 0 Å². The van der Waals surface area contributed by atoms with Gasteiger partial charge in [0.1, 0.15) is 12.2 Å². The fourth-order valence-electron chi connectivity index (χ4n) is 2.14. The summed E-state index contributed by atoms with van der Waals surface area (Å²) in [6.07, 6.45) is 1.12. The summed E-state index contributed by atoms with van der Waals surface area (Å²) in [5.41, 5.74) is 0. The van der Waals surface area contributed by atoms with Crippen LogP contribution in [0.5, 0.6) is 0 Å². The van der Waals surface area contributed by atoms with Gasteiger partial charge in [0.05, 0.1) is 12.7 Å². The van der Waals surface area contributed by atoms with E-state index in [4.69, 9.17) is 18.9 Å². The van der Waals surface area contributed by atoms with Gasteiger partial charge < -0.3 is 18.9 Å². The summed E-state index contributed by atoms with van der Waals surface area (Å²) in [4.78, 5) is 0. The maximum absolute atomic E-state index is 5.79. The number of fused-ring (bicyclic) bond motifs is 1. The van der Waals surface area contributed by atoms with Crippen LogP contribution in [0.4, 0.5) is 0 Å². The molecule has 3 atom stereocenters. The van der Waals surface area contributed by atoms with Gasteiger partial charge in [-0.3, -0.25) is 0 Å². The summed E-state index contributed by atoms with van der Waals surface area (Å²) < 4.78 is 22.3. The highest BCUT2D eigenvalue weighted by molar-refractivity contribution is 4.90. The van der Waals surface area contributed by atoms with Crippen LogP contribution in [-0.2, 0) is 18.9 Å². The minimum absolute atomic E-state index is 0.0144. The summed E-state index contributed by atoms with van der Waals surface area (Å²) in [6, 6.07) is 0. The van der Waals surface area contributed by atoms with E-state index in [1.165, 1.54) is 0 Å². The molecule has 0 bridgehead atoms. The first kappa shape index (κ1) is 10.4. The highest BCUT2D eigenvalue weighted by atomic mass is 16.8. The van der Waals surface area contributed by atoms with Crippen LogP contribution in [0, 0.1) is 0 Å². The SMILES string of the molecule is COCC1OCC[C@H]2OC(C)(C)OC12. The van der Waals surface area contributed by atoms with Crippen LogP contribution >= 0.6 is 0 Å². The monoisotopic (exact) mass is 202 g/mol. The molecule has 0 radical (unpaired) electrons. The van der Waals surface area contributed by atoms with Gasteiger partial charge in [0.15, 0.2) is 5.79 Å². The summed E-state index contributed by atoms with van der Waals surface area (Å²) in [5, 5.41) is 0. The molecule has 2 aliphatic rings. The fourth-order valence-corrected chi connectivity index (χ4v) is 2.14. The molecule has 0 spiro atoms. The molecular formula is C10H18O4. The molecule has 2 saturated heterocycles. The number of hydrogen-bond acceptors (Lipinski definition) is 4. The van der Waals surface area contributed by atoms with E-state index in [9.17, 15) is 0 Å². The Hall–Kier alpha value is -0.160. The van der Waals surface area contributed by atoms with E-state index in [1.807, 2.05) is 13.8 Å². The van der Waals surface area contributed by atoms with Crippen LogP contribution in [0.2, 0.25) is 0 Å². The minimum atomic E-state index is -0.477. The van der Waals surface area contributed by atoms with Gasteiger partial charge in [-0.25, -0.2) is 0 Å². The molecule has 0 saturated carbocycles. The lowest BCUT2D eigenvalue weighted by Gasteiger charge is -2.30. The van der Waals surface area contributed by atoms with Crippen LogP contribution in [0.15, 0.2) is 0 Å². The van der Waals surface area contributed by atoms with E-state index < -0.39 is 5.79 Å². The lowest BCUT2D eigenvalue weighted by molar-refractivity contribution is -0.158. The Labute approximate surface area is 84.5 Å². The van der Waals surface area contributed by atoms with Crippen molar-refractivity contribution in [2.24, 2.45) is 0 Å². The van der Waals surface area contributed by atoms with Crippen molar-refractivity contribution >= 4 is 0 Å². The van der Waals surface area contributed by atoms with Crippen LogP contribution in [0.25, 0.3) is 0 Å². The number of ether oxygens (including phenoxy) is 4. The molecule has 0 aromatic heterocycles. The number of hydrogen-bond donors (Lipinski definition) is 0. The van der Waals surface area contributed by atoms with Gasteiger partial charge in [-0.1, -0.05) is 0 Å². The highest BCUT2D eigenvalue weighted by Gasteiger charge is 2.47. The quantitative estimate of drug-likeness (QED) is 0.668. The van der Waals surface area contributed by atoms with Crippen LogP contribution in [-0.4, -0.2) is 44.4 Å². The third kappa shape index (κ3) is 1.93. The molecule has 2 aliphatic heterocycles. The Morgan fingerprint density at radius 2 is 2.14 bits per heavy atom. The Morgan fingerprint density at radius 3 is 2.86 bits per heavy atom. The summed E-state index contributed by atoms with van der Waals surface area (Å²) in [7, 11) is 1.67. The van der Waals surface area contributed by atoms with Gasteiger partial charge in [-0.2, -0.15) is 0 Å².